The predicted molar refractivity (Wildman–Crippen MR) is 86.7 cm³/mol. The Morgan fingerprint density at radius 1 is 1.20 bits per heavy atom. The van der Waals surface area contributed by atoms with E-state index in [4.69, 9.17) is 5.73 Å². The zero-order valence-electron chi connectivity index (χ0n) is 11.3. The molecule has 102 valence electrons. The summed E-state index contributed by atoms with van der Waals surface area (Å²) in [5, 5.41) is 0. The molecule has 3 aromatic rings. The molecule has 0 saturated heterocycles. The molecule has 1 aromatic heterocycles. The van der Waals surface area contributed by atoms with Crippen LogP contribution in [0.4, 0.5) is 5.95 Å². The van der Waals surface area contributed by atoms with E-state index >= 15 is 0 Å². The molecule has 2 N–H and O–H groups in total. The Morgan fingerprint density at radius 3 is 2.65 bits per heavy atom. The molecule has 3 rings (SSSR count). The lowest BCUT2D eigenvalue weighted by atomic mass is 10.0. The molecule has 0 saturated carbocycles. The number of fused-ring (bicyclic) bond motifs is 1. The number of nitrogen functional groups attached to an aromatic ring is 1. The first-order chi connectivity index (χ1) is 9.70. The van der Waals surface area contributed by atoms with Crippen molar-refractivity contribution in [3.05, 3.63) is 58.6 Å². The molecule has 0 aliphatic heterocycles. The van der Waals surface area contributed by atoms with E-state index in [1.54, 1.807) is 0 Å². The van der Waals surface area contributed by atoms with Crippen LogP contribution < -0.4 is 5.73 Å². The van der Waals surface area contributed by atoms with Crippen molar-refractivity contribution < 1.29 is 0 Å². The molecule has 4 heteroatoms. The molecule has 0 unspecified atom stereocenters. The minimum atomic E-state index is 0.204. The third kappa shape index (κ3) is 2.20. The third-order valence-corrected chi connectivity index (χ3v) is 4.05. The molecule has 3 nitrogen and oxygen atoms in total. The molecule has 1 atom stereocenters. The van der Waals surface area contributed by atoms with Crippen LogP contribution in [0.5, 0.6) is 0 Å². The Balaban J connectivity index is 2.21. The van der Waals surface area contributed by atoms with Crippen LogP contribution in [0, 0.1) is 0 Å². The molecule has 0 fully saturated rings. The number of hydrogen-bond acceptors (Lipinski definition) is 2. The van der Waals surface area contributed by atoms with Crippen molar-refractivity contribution in [1.29, 1.82) is 0 Å². The van der Waals surface area contributed by atoms with Crippen molar-refractivity contribution in [2.45, 2.75) is 19.4 Å². The van der Waals surface area contributed by atoms with Gasteiger partial charge in [-0.1, -0.05) is 53.2 Å². The molecular weight excluding hydrogens is 314 g/mol. The van der Waals surface area contributed by atoms with Crippen LogP contribution in [0.3, 0.4) is 0 Å². The van der Waals surface area contributed by atoms with Crippen LogP contribution in [0.2, 0.25) is 0 Å². The minimum absolute atomic E-state index is 0.204. The Bertz CT molecular complexity index is 734. The number of rotatable bonds is 3. The van der Waals surface area contributed by atoms with E-state index in [1.165, 1.54) is 5.56 Å². The van der Waals surface area contributed by atoms with Crippen LogP contribution in [0.15, 0.2) is 53.0 Å². The predicted octanol–water partition coefficient (Wildman–Crippen LogP) is 4.38. The summed E-state index contributed by atoms with van der Waals surface area (Å²) in [5.74, 6) is 0.564. The van der Waals surface area contributed by atoms with Gasteiger partial charge < -0.3 is 10.3 Å². The summed E-state index contributed by atoms with van der Waals surface area (Å²) in [7, 11) is 0. The van der Waals surface area contributed by atoms with Crippen molar-refractivity contribution >= 4 is 32.9 Å². The number of imidazole rings is 1. The average Bonchev–Trinajstić information content (AvgIpc) is 2.77. The van der Waals surface area contributed by atoms with E-state index < -0.39 is 0 Å². The molecule has 0 spiro atoms. The van der Waals surface area contributed by atoms with Gasteiger partial charge in [0, 0.05) is 4.47 Å². The van der Waals surface area contributed by atoms with E-state index in [0.717, 1.165) is 21.9 Å². The first kappa shape index (κ1) is 13.2. The maximum atomic E-state index is 6.15. The number of aromatic nitrogens is 2. The zero-order valence-corrected chi connectivity index (χ0v) is 12.8. The number of hydrogen-bond donors (Lipinski definition) is 1. The second kappa shape index (κ2) is 5.29. The Labute approximate surface area is 126 Å². The summed E-state index contributed by atoms with van der Waals surface area (Å²) < 4.78 is 3.16. The highest BCUT2D eigenvalue weighted by atomic mass is 79.9. The molecule has 0 radical (unpaired) electrons. The van der Waals surface area contributed by atoms with Gasteiger partial charge in [-0.05, 0) is 30.2 Å². The normalized spacial score (nSPS) is 12.7. The fourth-order valence-corrected chi connectivity index (χ4v) is 3.00. The molecule has 0 bridgehead atoms. The van der Waals surface area contributed by atoms with E-state index in [-0.39, 0.29) is 6.04 Å². The Morgan fingerprint density at radius 2 is 1.95 bits per heavy atom. The van der Waals surface area contributed by atoms with Gasteiger partial charge in [0.2, 0.25) is 5.95 Å². The van der Waals surface area contributed by atoms with Gasteiger partial charge in [0.05, 0.1) is 17.1 Å². The van der Waals surface area contributed by atoms with Crippen LogP contribution in [-0.4, -0.2) is 9.55 Å². The van der Waals surface area contributed by atoms with Crippen molar-refractivity contribution in [1.82, 2.24) is 9.55 Å². The van der Waals surface area contributed by atoms with Gasteiger partial charge in [0.25, 0.3) is 0 Å². The lowest BCUT2D eigenvalue weighted by Gasteiger charge is -2.19. The van der Waals surface area contributed by atoms with E-state index in [1.807, 2.05) is 18.2 Å². The van der Waals surface area contributed by atoms with Crippen LogP contribution >= 0.6 is 15.9 Å². The summed E-state index contributed by atoms with van der Waals surface area (Å²) >= 11 is 3.52. The van der Waals surface area contributed by atoms with Gasteiger partial charge in [-0.25, -0.2) is 4.98 Å². The van der Waals surface area contributed by atoms with Crippen LogP contribution in [0.25, 0.3) is 11.0 Å². The monoisotopic (exact) mass is 329 g/mol. The second-order valence-corrected chi connectivity index (χ2v) is 5.72. The second-order valence-electron chi connectivity index (χ2n) is 4.81. The quantitative estimate of drug-likeness (QED) is 0.774. The number of nitrogens with zero attached hydrogens (tertiary/aromatic N) is 2. The van der Waals surface area contributed by atoms with E-state index in [0.29, 0.717) is 5.95 Å². The molecule has 0 aliphatic carbocycles. The maximum absolute atomic E-state index is 6.15. The molecule has 2 aromatic carbocycles. The number of nitrogens with two attached hydrogens (primary N) is 1. The summed E-state index contributed by atoms with van der Waals surface area (Å²) in [6, 6.07) is 16.7. The largest absolute Gasteiger partial charge is 0.369 e. The van der Waals surface area contributed by atoms with Gasteiger partial charge in [-0.15, -0.1) is 0 Å². The van der Waals surface area contributed by atoms with Crippen molar-refractivity contribution in [3.63, 3.8) is 0 Å². The van der Waals surface area contributed by atoms with Crippen LogP contribution in [0.1, 0.15) is 24.9 Å². The fraction of sp³-hybridized carbons (Fsp3) is 0.188. The van der Waals surface area contributed by atoms with Gasteiger partial charge in [-0.2, -0.15) is 0 Å². The van der Waals surface area contributed by atoms with Gasteiger partial charge in [-0.3, -0.25) is 0 Å². The zero-order chi connectivity index (χ0) is 14.1. The van der Waals surface area contributed by atoms with E-state index in [9.17, 15) is 0 Å². The number of anilines is 1. The average molecular weight is 330 g/mol. The van der Waals surface area contributed by atoms with Gasteiger partial charge in [0.1, 0.15) is 0 Å². The van der Waals surface area contributed by atoms with Gasteiger partial charge >= 0.3 is 0 Å². The van der Waals surface area contributed by atoms with Crippen molar-refractivity contribution in [3.8, 4) is 0 Å². The van der Waals surface area contributed by atoms with Crippen molar-refractivity contribution in [2.24, 2.45) is 0 Å². The summed E-state index contributed by atoms with van der Waals surface area (Å²) in [6.07, 6.45) is 0.964. The molecule has 0 aliphatic rings. The fourth-order valence-electron chi connectivity index (χ4n) is 2.65. The number of benzene rings is 2. The standard InChI is InChI=1S/C16H16BrN3/c1-2-14(11-6-4-3-5-7-11)20-15-10-12(17)8-9-13(15)19-16(20)18/h3-10,14H,2H2,1H3,(H2,18,19)/t14-/m1/s1. The highest BCUT2D eigenvalue weighted by Crippen LogP contribution is 2.31. The van der Waals surface area contributed by atoms with E-state index in [2.05, 4.69) is 62.7 Å². The summed E-state index contributed by atoms with van der Waals surface area (Å²) in [4.78, 5) is 4.47. The van der Waals surface area contributed by atoms with Crippen LogP contribution in [-0.2, 0) is 0 Å². The highest BCUT2D eigenvalue weighted by molar-refractivity contribution is 9.10. The Hall–Kier alpha value is -1.81. The van der Waals surface area contributed by atoms with Crippen molar-refractivity contribution in [2.75, 3.05) is 5.73 Å². The molecule has 20 heavy (non-hydrogen) atoms. The Kier molecular flexibility index (Phi) is 3.49. The highest BCUT2D eigenvalue weighted by Gasteiger charge is 2.18. The molecular formula is C16H16BrN3. The first-order valence-corrected chi connectivity index (χ1v) is 7.48. The smallest absolute Gasteiger partial charge is 0.201 e. The summed E-state index contributed by atoms with van der Waals surface area (Å²) in [5.41, 5.74) is 9.40. The molecule has 0 amide bonds. The summed E-state index contributed by atoms with van der Waals surface area (Å²) in [6.45, 7) is 2.17. The number of halogens is 1. The lowest BCUT2D eigenvalue weighted by Crippen LogP contribution is -2.12. The topological polar surface area (TPSA) is 43.8 Å². The molecule has 1 heterocycles. The van der Waals surface area contributed by atoms with Gasteiger partial charge in [0.15, 0.2) is 0 Å². The third-order valence-electron chi connectivity index (χ3n) is 3.56. The SMILES string of the molecule is CC[C@H](c1ccccc1)n1c(N)nc2ccc(Br)cc21. The maximum Gasteiger partial charge on any atom is 0.201 e. The lowest BCUT2D eigenvalue weighted by molar-refractivity contribution is 0.589. The first-order valence-electron chi connectivity index (χ1n) is 6.68. The minimum Gasteiger partial charge on any atom is -0.369 e.